The van der Waals surface area contributed by atoms with Crippen molar-refractivity contribution < 1.29 is 9.72 Å². The van der Waals surface area contributed by atoms with Crippen LogP contribution < -0.4 is 10.2 Å². The molecule has 0 aromatic heterocycles. The van der Waals surface area contributed by atoms with Gasteiger partial charge in [-0.1, -0.05) is 37.1 Å². The number of rotatable bonds is 5. The molecular formula is C22H25N3O3. The number of carbonyl (C=O) groups excluding carboxylic acids is 1. The lowest BCUT2D eigenvalue weighted by atomic mass is 9.78. The molecule has 1 amide bonds. The summed E-state index contributed by atoms with van der Waals surface area (Å²) in [5.74, 6) is -0.00880. The van der Waals surface area contributed by atoms with E-state index in [0.29, 0.717) is 0 Å². The molecule has 0 radical (unpaired) electrons. The quantitative estimate of drug-likeness (QED) is 0.606. The van der Waals surface area contributed by atoms with Gasteiger partial charge in [0.2, 0.25) is 5.91 Å². The zero-order chi connectivity index (χ0) is 19.6. The normalized spacial score (nSPS) is 18.2. The van der Waals surface area contributed by atoms with Crippen molar-refractivity contribution in [2.75, 3.05) is 23.3 Å². The number of nitro benzene ring substituents is 1. The van der Waals surface area contributed by atoms with Crippen molar-refractivity contribution in [1.29, 1.82) is 0 Å². The fourth-order valence-electron chi connectivity index (χ4n) is 4.58. The molecule has 0 atom stereocenters. The maximum absolute atomic E-state index is 13.5. The number of nitro groups is 1. The Morgan fingerprint density at radius 2 is 1.61 bits per heavy atom. The van der Waals surface area contributed by atoms with Crippen LogP contribution >= 0.6 is 0 Å². The van der Waals surface area contributed by atoms with Gasteiger partial charge in [0.15, 0.2) is 0 Å². The number of nitrogens with zero attached hydrogens (tertiary/aromatic N) is 2. The predicted molar refractivity (Wildman–Crippen MR) is 110 cm³/mol. The molecule has 1 saturated heterocycles. The zero-order valence-corrected chi connectivity index (χ0v) is 15.9. The first-order valence-corrected chi connectivity index (χ1v) is 10.0. The van der Waals surface area contributed by atoms with Crippen LogP contribution in [0.25, 0.3) is 0 Å². The Labute approximate surface area is 164 Å². The number of carbonyl (C=O) groups is 1. The van der Waals surface area contributed by atoms with Gasteiger partial charge in [-0.15, -0.1) is 0 Å². The second-order valence-corrected chi connectivity index (χ2v) is 7.76. The van der Waals surface area contributed by atoms with Gasteiger partial charge in [0.1, 0.15) is 0 Å². The van der Waals surface area contributed by atoms with E-state index in [1.165, 1.54) is 25.0 Å². The highest BCUT2D eigenvalue weighted by atomic mass is 16.6. The number of amides is 1. The minimum Gasteiger partial charge on any atom is -0.370 e. The smallest absolute Gasteiger partial charge is 0.269 e. The molecule has 0 unspecified atom stereocenters. The van der Waals surface area contributed by atoms with E-state index in [9.17, 15) is 14.9 Å². The van der Waals surface area contributed by atoms with Crippen LogP contribution in [-0.2, 0) is 10.2 Å². The summed E-state index contributed by atoms with van der Waals surface area (Å²) in [6.07, 6.45) is 5.85. The van der Waals surface area contributed by atoms with Crippen LogP contribution in [-0.4, -0.2) is 23.9 Å². The molecule has 2 aromatic carbocycles. The van der Waals surface area contributed by atoms with Crippen molar-refractivity contribution in [3.8, 4) is 0 Å². The number of hydrogen-bond donors (Lipinski definition) is 1. The second kappa shape index (κ2) is 7.62. The van der Waals surface area contributed by atoms with Gasteiger partial charge < -0.3 is 10.2 Å². The average molecular weight is 379 g/mol. The number of nitrogens with one attached hydrogen (secondary N) is 1. The molecule has 6 heteroatoms. The highest BCUT2D eigenvalue weighted by Gasteiger charge is 2.43. The number of non-ortho nitro benzene ring substituents is 1. The van der Waals surface area contributed by atoms with Gasteiger partial charge in [0.25, 0.3) is 5.69 Å². The van der Waals surface area contributed by atoms with Gasteiger partial charge in [0, 0.05) is 25.2 Å². The molecule has 146 valence electrons. The van der Waals surface area contributed by atoms with Crippen molar-refractivity contribution >= 4 is 23.0 Å². The molecule has 1 heterocycles. The summed E-state index contributed by atoms with van der Waals surface area (Å²) in [7, 11) is 0. The van der Waals surface area contributed by atoms with Crippen molar-refractivity contribution in [3.05, 3.63) is 64.2 Å². The van der Waals surface area contributed by atoms with Crippen LogP contribution in [0.3, 0.4) is 0 Å². The Balaban J connectivity index is 1.62. The molecule has 2 aliphatic rings. The molecule has 28 heavy (non-hydrogen) atoms. The van der Waals surface area contributed by atoms with Crippen molar-refractivity contribution in [3.63, 3.8) is 0 Å². The largest absolute Gasteiger partial charge is 0.370 e. The van der Waals surface area contributed by atoms with Crippen LogP contribution in [0, 0.1) is 10.1 Å². The maximum Gasteiger partial charge on any atom is 0.269 e. The Morgan fingerprint density at radius 1 is 0.964 bits per heavy atom. The first-order valence-electron chi connectivity index (χ1n) is 10.0. The second-order valence-electron chi connectivity index (χ2n) is 7.76. The summed E-state index contributed by atoms with van der Waals surface area (Å²) in [6.45, 7) is 2.03. The molecule has 0 spiro atoms. The van der Waals surface area contributed by atoms with Crippen LogP contribution in [0.15, 0.2) is 48.5 Å². The fourth-order valence-corrected chi connectivity index (χ4v) is 4.58. The Kier molecular flexibility index (Phi) is 5.03. The van der Waals surface area contributed by atoms with Gasteiger partial charge in [-0.25, -0.2) is 0 Å². The number of anilines is 2. The number of benzene rings is 2. The van der Waals surface area contributed by atoms with Gasteiger partial charge in [-0.2, -0.15) is 0 Å². The first-order chi connectivity index (χ1) is 13.6. The average Bonchev–Trinajstić information content (AvgIpc) is 3.41. The van der Waals surface area contributed by atoms with E-state index < -0.39 is 10.3 Å². The molecule has 1 aliphatic carbocycles. The van der Waals surface area contributed by atoms with Crippen molar-refractivity contribution in [2.45, 2.75) is 43.9 Å². The number of hydrogen-bond acceptors (Lipinski definition) is 4. The molecule has 2 fully saturated rings. The molecule has 4 rings (SSSR count). The molecule has 1 aliphatic heterocycles. The predicted octanol–water partition coefficient (Wildman–Crippen LogP) is 4.65. The van der Waals surface area contributed by atoms with E-state index >= 15 is 0 Å². The molecule has 1 N–H and O–H groups in total. The van der Waals surface area contributed by atoms with Crippen molar-refractivity contribution in [2.24, 2.45) is 0 Å². The Morgan fingerprint density at radius 3 is 2.25 bits per heavy atom. The summed E-state index contributed by atoms with van der Waals surface area (Å²) in [6, 6.07) is 14.5. The summed E-state index contributed by atoms with van der Waals surface area (Å²) < 4.78 is 0. The summed E-state index contributed by atoms with van der Waals surface area (Å²) in [5.41, 5.74) is 2.23. The Bertz CT molecular complexity index is 867. The SMILES string of the molecule is O=C(Nc1ccccc1N1CCCC1)C1(c2ccc([N+](=O)[O-])cc2)CCCC1. The molecule has 2 aromatic rings. The maximum atomic E-state index is 13.5. The molecular weight excluding hydrogens is 354 g/mol. The topological polar surface area (TPSA) is 75.5 Å². The fraction of sp³-hybridized carbons (Fsp3) is 0.409. The third-order valence-corrected chi connectivity index (χ3v) is 6.12. The summed E-state index contributed by atoms with van der Waals surface area (Å²) >= 11 is 0. The van der Waals surface area contributed by atoms with Crippen LogP contribution in [0.2, 0.25) is 0 Å². The highest BCUT2D eigenvalue weighted by Crippen LogP contribution is 2.43. The first kappa shape index (κ1) is 18.5. The summed E-state index contributed by atoms with van der Waals surface area (Å²) in [4.78, 5) is 26.3. The van der Waals surface area contributed by atoms with Crippen LogP contribution in [0.1, 0.15) is 44.1 Å². The third kappa shape index (κ3) is 3.35. The van der Waals surface area contributed by atoms with Crippen LogP contribution in [0.5, 0.6) is 0 Å². The lowest BCUT2D eigenvalue weighted by Gasteiger charge is -2.30. The standard InChI is InChI=1S/C22H25N3O3/c26-21(23-19-7-1-2-8-20(19)24-15-5-6-16-24)22(13-3-4-14-22)17-9-11-18(12-10-17)25(27)28/h1-2,7-12H,3-6,13-16H2,(H,23,26). The molecule has 6 nitrogen and oxygen atoms in total. The van der Waals surface area contributed by atoms with Crippen molar-refractivity contribution in [1.82, 2.24) is 0 Å². The highest BCUT2D eigenvalue weighted by molar-refractivity contribution is 6.01. The van der Waals surface area contributed by atoms with Gasteiger partial charge >= 0.3 is 0 Å². The molecule has 1 saturated carbocycles. The van der Waals surface area contributed by atoms with Gasteiger partial charge in [-0.05, 0) is 43.4 Å². The van der Waals surface area contributed by atoms with Crippen LogP contribution in [0.4, 0.5) is 17.1 Å². The minimum absolute atomic E-state index is 0.00880. The Hall–Kier alpha value is -2.89. The van der Waals surface area contributed by atoms with E-state index in [-0.39, 0.29) is 11.6 Å². The van der Waals surface area contributed by atoms with Gasteiger partial charge in [0.05, 0.1) is 21.7 Å². The van der Waals surface area contributed by atoms with E-state index in [2.05, 4.69) is 16.3 Å². The lowest BCUT2D eigenvalue weighted by molar-refractivity contribution is -0.384. The van der Waals surface area contributed by atoms with Gasteiger partial charge in [-0.3, -0.25) is 14.9 Å². The molecule has 0 bridgehead atoms. The lowest BCUT2D eigenvalue weighted by Crippen LogP contribution is -2.38. The van der Waals surface area contributed by atoms with E-state index in [0.717, 1.165) is 55.7 Å². The van der Waals surface area contributed by atoms with E-state index in [4.69, 9.17) is 0 Å². The van der Waals surface area contributed by atoms with E-state index in [1.807, 2.05) is 18.2 Å². The summed E-state index contributed by atoms with van der Waals surface area (Å²) in [5, 5.41) is 14.2. The monoisotopic (exact) mass is 379 g/mol. The third-order valence-electron chi connectivity index (χ3n) is 6.12. The zero-order valence-electron chi connectivity index (χ0n) is 15.9. The number of para-hydroxylation sites is 2. The minimum atomic E-state index is -0.618. The van der Waals surface area contributed by atoms with E-state index in [1.54, 1.807) is 12.1 Å².